The van der Waals surface area contributed by atoms with Crippen LogP contribution in [0, 0.1) is 5.41 Å². The molecule has 0 radical (unpaired) electrons. The lowest BCUT2D eigenvalue weighted by Gasteiger charge is -2.33. The second kappa shape index (κ2) is 6.55. The van der Waals surface area contributed by atoms with Crippen molar-refractivity contribution in [1.29, 1.82) is 0 Å². The fraction of sp³-hybridized carbons (Fsp3) is 0.714. The van der Waals surface area contributed by atoms with Gasteiger partial charge in [0.05, 0.1) is 4.47 Å². The second-order valence-corrected chi connectivity index (χ2v) is 6.50. The topological polar surface area (TPSA) is 49.8 Å². The first kappa shape index (κ1) is 14.6. The van der Waals surface area contributed by atoms with E-state index in [1.54, 1.807) is 6.20 Å². The quantitative estimate of drug-likeness (QED) is 0.856. The first-order valence-corrected chi connectivity index (χ1v) is 7.92. The van der Waals surface area contributed by atoms with Gasteiger partial charge in [-0.25, -0.2) is 4.98 Å². The van der Waals surface area contributed by atoms with Crippen molar-refractivity contribution in [2.75, 3.05) is 23.7 Å². The molecule has 106 valence electrons. The maximum Gasteiger partial charge on any atom is 0.224 e. The van der Waals surface area contributed by atoms with Gasteiger partial charge in [0.2, 0.25) is 5.95 Å². The number of aromatic nitrogens is 2. The molecule has 0 aromatic carbocycles. The molecule has 1 aliphatic rings. The highest BCUT2D eigenvalue weighted by molar-refractivity contribution is 9.10. The Hall–Kier alpha value is -0.840. The predicted octanol–water partition coefficient (Wildman–Crippen LogP) is 4.05. The molecule has 2 N–H and O–H groups in total. The Labute approximate surface area is 123 Å². The highest BCUT2D eigenvalue weighted by atomic mass is 79.9. The van der Waals surface area contributed by atoms with Gasteiger partial charge in [0.25, 0.3) is 0 Å². The fourth-order valence-electron chi connectivity index (χ4n) is 2.61. The van der Waals surface area contributed by atoms with Gasteiger partial charge in [-0.15, -0.1) is 0 Å². The highest BCUT2D eigenvalue weighted by Crippen LogP contribution is 2.36. The van der Waals surface area contributed by atoms with Crippen molar-refractivity contribution in [2.24, 2.45) is 5.41 Å². The van der Waals surface area contributed by atoms with Crippen molar-refractivity contribution in [3.63, 3.8) is 0 Å². The number of nitrogens with one attached hydrogen (secondary N) is 2. The zero-order chi connectivity index (χ0) is 13.7. The normalized spacial score (nSPS) is 18.1. The Bertz CT molecular complexity index is 416. The molecule has 1 fully saturated rings. The van der Waals surface area contributed by atoms with Gasteiger partial charge in [0.1, 0.15) is 5.82 Å². The van der Waals surface area contributed by atoms with Crippen molar-refractivity contribution in [3.8, 4) is 0 Å². The lowest BCUT2D eigenvalue weighted by Crippen LogP contribution is -2.29. The molecule has 1 aromatic rings. The minimum absolute atomic E-state index is 0.404. The van der Waals surface area contributed by atoms with Crippen LogP contribution >= 0.6 is 15.9 Å². The standard InChI is InChI=1S/C14H23BrN4/c1-3-16-13-17-9-11(15)12(19-13)18-10-14(2)7-5-4-6-8-14/h9H,3-8,10H2,1-2H3,(H2,16,17,18,19). The molecule has 2 rings (SSSR count). The molecule has 0 unspecified atom stereocenters. The third-order valence-electron chi connectivity index (χ3n) is 3.82. The lowest BCUT2D eigenvalue weighted by molar-refractivity contribution is 0.233. The minimum Gasteiger partial charge on any atom is -0.368 e. The molecular weight excluding hydrogens is 304 g/mol. The third-order valence-corrected chi connectivity index (χ3v) is 4.40. The molecule has 0 amide bonds. The minimum atomic E-state index is 0.404. The summed E-state index contributed by atoms with van der Waals surface area (Å²) in [5.41, 5.74) is 0.404. The van der Waals surface area contributed by atoms with Gasteiger partial charge >= 0.3 is 0 Å². The zero-order valence-corrected chi connectivity index (χ0v) is 13.4. The molecule has 1 saturated carbocycles. The predicted molar refractivity (Wildman–Crippen MR) is 83.6 cm³/mol. The number of halogens is 1. The Morgan fingerprint density at radius 3 is 2.68 bits per heavy atom. The first-order valence-electron chi connectivity index (χ1n) is 7.13. The van der Waals surface area contributed by atoms with E-state index in [2.05, 4.69) is 43.5 Å². The molecule has 1 aliphatic carbocycles. The van der Waals surface area contributed by atoms with E-state index in [4.69, 9.17) is 0 Å². The van der Waals surface area contributed by atoms with E-state index in [1.165, 1.54) is 32.1 Å². The second-order valence-electron chi connectivity index (χ2n) is 5.65. The molecule has 0 bridgehead atoms. The van der Waals surface area contributed by atoms with E-state index in [0.29, 0.717) is 11.4 Å². The highest BCUT2D eigenvalue weighted by Gasteiger charge is 2.26. The summed E-state index contributed by atoms with van der Waals surface area (Å²) in [6.07, 6.45) is 8.51. The largest absolute Gasteiger partial charge is 0.368 e. The summed E-state index contributed by atoms with van der Waals surface area (Å²) < 4.78 is 0.925. The van der Waals surface area contributed by atoms with Gasteiger partial charge in [-0.3, -0.25) is 0 Å². The fourth-order valence-corrected chi connectivity index (χ4v) is 2.94. The van der Waals surface area contributed by atoms with Crippen molar-refractivity contribution in [1.82, 2.24) is 9.97 Å². The summed E-state index contributed by atoms with van der Waals surface area (Å²) >= 11 is 3.51. The van der Waals surface area contributed by atoms with Gasteiger partial charge in [0.15, 0.2) is 0 Å². The summed E-state index contributed by atoms with van der Waals surface area (Å²) in [6.45, 7) is 6.23. The Kier molecular flexibility index (Phi) is 5.02. The van der Waals surface area contributed by atoms with E-state index in [0.717, 1.165) is 23.4 Å². The van der Waals surface area contributed by atoms with Crippen molar-refractivity contribution in [2.45, 2.75) is 46.0 Å². The van der Waals surface area contributed by atoms with Crippen molar-refractivity contribution < 1.29 is 0 Å². The van der Waals surface area contributed by atoms with E-state index < -0.39 is 0 Å². The number of anilines is 2. The first-order chi connectivity index (χ1) is 9.13. The average molecular weight is 327 g/mol. The molecule has 1 heterocycles. The molecule has 19 heavy (non-hydrogen) atoms. The van der Waals surface area contributed by atoms with Crippen LogP contribution < -0.4 is 10.6 Å². The molecule has 0 atom stereocenters. The van der Waals surface area contributed by atoms with Crippen LogP contribution in [0.5, 0.6) is 0 Å². The van der Waals surface area contributed by atoms with Gasteiger partial charge in [-0.1, -0.05) is 26.2 Å². The summed E-state index contributed by atoms with van der Waals surface area (Å²) in [6, 6.07) is 0. The molecule has 0 spiro atoms. The van der Waals surface area contributed by atoms with Crippen LogP contribution in [0.15, 0.2) is 10.7 Å². The SMILES string of the molecule is CCNc1ncc(Br)c(NCC2(C)CCCCC2)n1. The average Bonchev–Trinajstić information content (AvgIpc) is 2.41. The van der Waals surface area contributed by atoms with Crippen LogP contribution in [0.2, 0.25) is 0 Å². The molecule has 0 aliphatic heterocycles. The number of nitrogens with zero attached hydrogens (tertiary/aromatic N) is 2. The third kappa shape index (κ3) is 4.06. The summed E-state index contributed by atoms with van der Waals surface area (Å²) in [5, 5.41) is 6.62. The number of hydrogen-bond acceptors (Lipinski definition) is 4. The van der Waals surface area contributed by atoms with Crippen molar-refractivity contribution >= 4 is 27.7 Å². The van der Waals surface area contributed by atoms with Gasteiger partial charge in [0, 0.05) is 19.3 Å². The lowest BCUT2D eigenvalue weighted by atomic mass is 9.76. The van der Waals surface area contributed by atoms with Crippen LogP contribution in [0.25, 0.3) is 0 Å². The van der Waals surface area contributed by atoms with Gasteiger partial charge in [-0.05, 0) is 41.1 Å². The van der Waals surface area contributed by atoms with E-state index in [9.17, 15) is 0 Å². The van der Waals surface area contributed by atoms with E-state index in [1.807, 2.05) is 6.92 Å². The Morgan fingerprint density at radius 2 is 2.00 bits per heavy atom. The summed E-state index contributed by atoms with van der Waals surface area (Å²) in [4.78, 5) is 8.73. The Balaban J connectivity index is 1.99. The molecule has 0 saturated heterocycles. The smallest absolute Gasteiger partial charge is 0.224 e. The van der Waals surface area contributed by atoms with Gasteiger partial charge in [-0.2, -0.15) is 4.98 Å². The van der Waals surface area contributed by atoms with E-state index in [-0.39, 0.29) is 0 Å². The summed E-state index contributed by atoms with van der Waals surface area (Å²) in [5.74, 6) is 1.57. The molecule has 1 aromatic heterocycles. The maximum absolute atomic E-state index is 4.50. The Morgan fingerprint density at radius 1 is 1.26 bits per heavy atom. The molecule has 4 nitrogen and oxygen atoms in total. The summed E-state index contributed by atoms with van der Waals surface area (Å²) in [7, 11) is 0. The van der Waals surface area contributed by atoms with Crippen LogP contribution in [0.4, 0.5) is 11.8 Å². The molecular formula is C14H23BrN4. The van der Waals surface area contributed by atoms with Gasteiger partial charge < -0.3 is 10.6 Å². The molecule has 5 heteroatoms. The number of hydrogen-bond donors (Lipinski definition) is 2. The monoisotopic (exact) mass is 326 g/mol. The maximum atomic E-state index is 4.50. The van der Waals surface area contributed by atoms with E-state index >= 15 is 0 Å². The van der Waals surface area contributed by atoms with Crippen LogP contribution in [0.1, 0.15) is 46.0 Å². The van der Waals surface area contributed by atoms with Crippen LogP contribution in [-0.4, -0.2) is 23.1 Å². The van der Waals surface area contributed by atoms with Crippen LogP contribution in [-0.2, 0) is 0 Å². The van der Waals surface area contributed by atoms with Crippen molar-refractivity contribution in [3.05, 3.63) is 10.7 Å². The van der Waals surface area contributed by atoms with Crippen LogP contribution in [0.3, 0.4) is 0 Å². The zero-order valence-electron chi connectivity index (χ0n) is 11.8. The number of rotatable bonds is 5.